The predicted molar refractivity (Wildman–Crippen MR) is 90.2 cm³/mol. The van der Waals surface area contributed by atoms with E-state index in [0.717, 1.165) is 15.6 Å². The van der Waals surface area contributed by atoms with Gasteiger partial charge in [0, 0.05) is 4.47 Å². The van der Waals surface area contributed by atoms with E-state index in [1.165, 1.54) is 0 Å². The number of rotatable bonds is 4. The van der Waals surface area contributed by atoms with Gasteiger partial charge in [0.25, 0.3) is 10.0 Å². The molecule has 5 heteroatoms. The van der Waals surface area contributed by atoms with Gasteiger partial charge in [0.15, 0.2) is 0 Å². The third-order valence-electron chi connectivity index (χ3n) is 3.29. The van der Waals surface area contributed by atoms with Crippen molar-refractivity contribution in [3.8, 4) is 0 Å². The molecule has 0 aliphatic heterocycles. The molecular weight excluding hydrogens is 350 g/mol. The molecule has 2 rings (SSSR count). The molecule has 0 atom stereocenters. The largest absolute Gasteiger partial charge is 0.279 e. The molecule has 0 spiro atoms. The lowest BCUT2D eigenvalue weighted by atomic mass is 9.99. The lowest BCUT2D eigenvalue weighted by molar-refractivity contribution is 0.601. The number of anilines is 1. The van der Waals surface area contributed by atoms with Crippen LogP contribution < -0.4 is 4.72 Å². The summed E-state index contributed by atoms with van der Waals surface area (Å²) in [5.41, 5.74) is 2.59. The molecule has 0 aliphatic carbocycles. The van der Waals surface area contributed by atoms with Crippen LogP contribution in [0.25, 0.3) is 0 Å². The SMILES string of the molecule is Cc1cccc(C(C)C)c1NS(=O)(=O)c1ccc(Br)cc1. The van der Waals surface area contributed by atoms with Gasteiger partial charge >= 0.3 is 0 Å². The highest BCUT2D eigenvalue weighted by molar-refractivity contribution is 9.10. The maximum atomic E-state index is 12.5. The normalized spacial score (nSPS) is 11.7. The first-order valence-corrected chi connectivity index (χ1v) is 8.97. The van der Waals surface area contributed by atoms with Crippen LogP contribution in [0.2, 0.25) is 0 Å². The molecule has 2 aromatic rings. The van der Waals surface area contributed by atoms with E-state index in [-0.39, 0.29) is 10.8 Å². The van der Waals surface area contributed by atoms with E-state index in [1.54, 1.807) is 24.3 Å². The number of hydrogen-bond donors (Lipinski definition) is 1. The molecule has 0 aromatic heterocycles. The smallest absolute Gasteiger partial charge is 0.261 e. The molecule has 0 aliphatic rings. The number of sulfonamides is 1. The fraction of sp³-hybridized carbons (Fsp3) is 0.250. The zero-order valence-electron chi connectivity index (χ0n) is 12.2. The average Bonchev–Trinajstić information content (AvgIpc) is 2.41. The highest BCUT2D eigenvalue weighted by Gasteiger charge is 2.18. The number of para-hydroxylation sites is 1. The van der Waals surface area contributed by atoms with Gasteiger partial charge in [-0.05, 0) is 48.2 Å². The van der Waals surface area contributed by atoms with Crippen molar-refractivity contribution in [2.75, 3.05) is 4.72 Å². The summed E-state index contributed by atoms with van der Waals surface area (Å²) in [4.78, 5) is 0.253. The Balaban J connectivity index is 2.44. The molecule has 0 saturated carbocycles. The Morgan fingerprint density at radius 2 is 1.67 bits per heavy atom. The highest BCUT2D eigenvalue weighted by atomic mass is 79.9. The van der Waals surface area contributed by atoms with Gasteiger partial charge in [-0.3, -0.25) is 4.72 Å². The maximum Gasteiger partial charge on any atom is 0.261 e. The van der Waals surface area contributed by atoms with E-state index < -0.39 is 10.0 Å². The Morgan fingerprint density at radius 1 is 1.05 bits per heavy atom. The summed E-state index contributed by atoms with van der Waals surface area (Å²) in [5, 5.41) is 0. The second kappa shape index (κ2) is 6.20. The molecule has 0 amide bonds. The van der Waals surface area contributed by atoms with Crippen LogP contribution in [-0.4, -0.2) is 8.42 Å². The fourth-order valence-electron chi connectivity index (χ4n) is 2.12. The Morgan fingerprint density at radius 3 is 2.24 bits per heavy atom. The summed E-state index contributed by atoms with van der Waals surface area (Å²) in [6.07, 6.45) is 0. The molecular formula is C16H18BrNO2S. The molecule has 1 N–H and O–H groups in total. The lowest BCUT2D eigenvalue weighted by Crippen LogP contribution is -2.15. The van der Waals surface area contributed by atoms with Crippen LogP contribution in [0.4, 0.5) is 5.69 Å². The first-order chi connectivity index (χ1) is 9.81. The Labute approximate surface area is 134 Å². The fourth-order valence-corrected chi connectivity index (χ4v) is 3.54. The van der Waals surface area contributed by atoms with Crippen LogP contribution in [0.15, 0.2) is 51.8 Å². The molecule has 112 valence electrons. The number of nitrogens with one attached hydrogen (secondary N) is 1. The van der Waals surface area contributed by atoms with Gasteiger partial charge in [0.05, 0.1) is 10.6 Å². The molecule has 2 aromatic carbocycles. The summed E-state index contributed by atoms with van der Waals surface area (Å²) in [6, 6.07) is 12.4. The average molecular weight is 368 g/mol. The summed E-state index contributed by atoms with van der Waals surface area (Å²) < 4.78 is 28.6. The van der Waals surface area contributed by atoms with Gasteiger partial charge in [-0.2, -0.15) is 0 Å². The standard InChI is InChI=1S/C16H18BrNO2S/c1-11(2)15-6-4-5-12(3)16(15)18-21(19,20)14-9-7-13(17)8-10-14/h4-11,18H,1-3H3. The van der Waals surface area contributed by atoms with Crippen molar-refractivity contribution in [3.63, 3.8) is 0 Å². The van der Waals surface area contributed by atoms with Gasteiger partial charge in [-0.1, -0.05) is 48.0 Å². The first-order valence-electron chi connectivity index (χ1n) is 6.69. The van der Waals surface area contributed by atoms with Crippen LogP contribution in [0.5, 0.6) is 0 Å². The molecule has 0 unspecified atom stereocenters. The van der Waals surface area contributed by atoms with Gasteiger partial charge in [-0.25, -0.2) is 8.42 Å². The molecule has 0 radical (unpaired) electrons. The quantitative estimate of drug-likeness (QED) is 0.852. The summed E-state index contributed by atoms with van der Waals surface area (Å²) in [5.74, 6) is 0.243. The lowest BCUT2D eigenvalue weighted by Gasteiger charge is -2.17. The number of benzene rings is 2. The summed E-state index contributed by atoms with van der Waals surface area (Å²) in [6.45, 7) is 6.00. The summed E-state index contributed by atoms with van der Waals surface area (Å²) in [7, 11) is -3.58. The van der Waals surface area contributed by atoms with Crippen LogP contribution in [0.3, 0.4) is 0 Å². The van der Waals surface area contributed by atoms with Crippen LogP contribution in [-0.2, 0) is 10.0 Å². The Kier molecular flexibility index (Phi) is 4.74. The van der Waals surface area contributed by atoms with Crippen molar-refractivity contribution in [1.82, 2.24) is 0 Å². The van der Waals surface area contributed by atoms with Gasteiger partial charge in [0.2, 0.25) is 0 Å². The molecule has 0 saturated heterocycles. The summed E-state index contributed by atoms with van der Waals surface area (Å²) >= 11 is 3.31. The van der Waals surface area contributed by atoms with Gasteiger partial charge < -0.3 is 0 Å². The van der Waals surface area contributed by atoms with E-state index in [1.807, 2.05) is 39.0 Å². The van der Waals surface area contributed by atoms with E-state index in [9.17, 15) is 8.42 Å². The Hall–Kier alpha value is -1.33. The van der Waals surface area contributed by atoms with Gasteiger partial charge in [0.1, 0.15) is 0 Å². The minimum atomic E-state index is -3.58. The molecule has 0 heterocycles. The van der Waals surface area contributed by atoms with E-state index in [4.69, 9.17) is 0 Å². The zero-order chi connectivity index (χ0) is 15.6. The molecule has 0 bridgehead atoms. The van der Waals surface area contributed by atoms with Crippen molar-refractivity contribution >= 4 is 31.6 Å². The Bertz CT molecular complexity index is 737. The van der Waals surface area contributed by atoms with Gasteiger partial charge in [-0.15, -0.1) is 0 Å². The monoisotopic (exact) mass is 367 g/mol. The van der Waals surface area contributed by atoms with Crippen molar-refractivity contribution in [2.45, 2.75) is 31.6 Å². The minimum absolute atomic E-state index is 0.243. The zero-order valence-corrected chi connectivity index (χ0v) is 14.6. The van der Waals surface area contributed by atoms with E-state index >= 15 is 0 Å². The number of aryl methyl sites for hydroxylation is 1. The molecule has 0 fully saturated rings. The third kappa shape index (κ3) is 3.66. The van der Waals surface area contributed by atoms with Crippen LogP contribution >= 0.6 is 15.9 Å². The third-order valence-corrected chi connectivity index (χ3v) is 5.18. The van der Waals surface area contributed by atoms with E-state index in [2.05, 4.69) is 20.7 Å². The van der Waals surface area contributed by atoms with E-state index in [0.29, 0.717) is 5.69 Å². The second-order valence-electron chi connectivity index (χ2n) is 5.25. The number of halogens is 1. The molecule has 21 heavy (non-hydrogen) atoms. The van der Waals surface area contributed by atoms with Crippen molar-refractivity contribution in [1.29, 1.82) is 0 Å². The predicted octanol–water partition coefficient (Wildman–Crippen LogP) is 4.68. The first kappa shape index (κ1) is 16.0. The van der Waals surface area contributed by atoms with Crippen LogP contribution in [0.1, 0.15) is 30.9 Å². The highest BCUT2D eigenvalue weighted by Crippen LogP contribution is 2.29. The number of hydrogen-bond acceptors (Lipinski definition) is 2. The van der Waals surface area contributed by atoms with Crippen molar-refractivity contribution < 1.29 is 8.42 Å². The molecule has 3 nitrogen and oxygen atoms in total. The maximum absolute atomic E-state index is 12.5. The minimum Gasteiger partial charge on any atom is -0.279 e. The topological polar surface area (TPSA) is 46.2 Å². The second-order valence-corrected chi connectivity index (χ2v) is 7.85. The van der Waals surface area contributed by atoms with Crippen molar-refractivity contribution in [3.05, 3.63) is 58.1 Å². The van der Waals surface area contributed by atoms with Crippen LogP contribution in [0, 0.1) is 6.92 Å². The van der Waals surface area contributed by atoms with Crippen molar-refractivity contribution in [2.24, 2.45) is 0 Å².